The van der Waals surface area contributed by atoms with E-state index in [1.54, 1.807) is 7.11 Å². The summed E-state index contributed by atoms with van der Waals surface area (Å²) in [4.78, 5) is 4.37. The quantitative estimate of drug-likeness (QED) is 0.515. The first kappa shape index (κ1) is 11.4. The van der Waals surface area contributed by atoms with Gasteiger partial charge >= 0.3 is 0 Å². The third-order valence-corrected chi connectivity index (χ3v) is 1.52. The number of amidine groups is 1. The summed E-state index contributed by atoms with van der Waals surface area (Å²) in [5.74, 6) is 0.998. The van der Waals surface area contributed by atoms with Gasteiger partial charge in [0, 0.05) is 13.0 Å². The van der Waals surface area contributed by atoms with E-state index in [4.69, 9.17) is 10.5 Å². The molecule has 0 radical (unpaired) electrons. The summed E-state index contributed by atoms with van der Waals surface area (Å²) in [5, 5.41) is 0. The van der Waals surface area contributed by atoms with Crippen LogP contribution in [0.15, 0.2) is 4.99 Å². The van der Waals surface area contributed by atoms with Crippen LogP contribution >= 0.6 is 0 Å². The Morgan fingerprint density at radius 3 is 2.33 bits per heavy atom. The van der Waals surface area contributed by atoms with E-state index >= 15 is 0 Å². The van der Waals surface area contributed by atoms with Crippen molar-refractivity contribution in [1.82, 2.24) is 0 Å². The molecule has 0 aromatic heterocycles. The highest BCUT2D eigenvalue weighted by Gasteiger charge is 2.16. The van der Waals surface area contributed by atoms with Gasteiger partial charge in [-0.25, -0.2) is 0 Å². The van der Waals surface area contributed by atoms with Crippen molar-refractivity contribution in [2.45, 2.75) is 33.2 Å². The van der Waals surface area contributed by atoms with Gasteiger partial charge in [-0.2, -0.15) is 0 Å². The van der Waals surface area contributed by atoms with Gasteiger partial charge in [0.05, 0.1) is 18.0 Å². The van der Waals surface area contributed by atoms with E-state index in [2.05, 4.69) is 4.99 Å². The Morgan fingerprint density at radius 2 is 2.00 bits per heavy atom. The van der Waals surface area contributed by atoms with Gasteiger partial charge in [-0.15, -0.1) is 0 Å². The molecule has 12 heavy (non-hydrogen) atoms. The number of rotatable bonds is 4. The third kappa shape index (κ3) is 4.34. The van der Waals surface area contributed by atoms with Crippen molar-refractivity contribution >= 4 is 5.84 Å². The number of aliphatic imine (C=N–C) groups is 1. The lowest BCUT2D eigenvalue weighted by Gasteiger charge is -2.20. The van der Waals surface area contributed by atoms with Crippen LogP contribution in [-0.4, -0.2) is 25.1 Å². The van der Waals surface area contributed by atoms with Gasteiger partial charge in [0.2, 0.25) is 0 Å². The lowest BCUT2D eigenvalue weighted by Crippen LogP contribution is -2.30. The smallest absolute Gasteiger partial charge is 0.0970 e. The minimum absolute atomic E-state index is 0.205. The molecule has 0 saturated carbocycles. The molecule has 0 aromatic carbocycles. The molecule has 0 bridgehead atoms. The molecule has 0 spiro atoms. The molecule has 2 N–H and O–H groups in total. The fourth-order valence-electron chi connectivity index (χ4n) is 0.864. The molecule has 0 aliphatic rings. The predicted molar refractivity (Wildman–Crippen MR) is 52.4 cm³/mol. The van der Waals surface area contributed by atoms with Crippen LogP contribution in [0.5, 0.6) is 0 Å². The molecule has 3 heteroatoms. The maximum atomic E-state index is 5.73. The number of nitrogens with two attached hydrogens (primary N) is 1. The summed E-state index contributed by atoms with van der Waals surface area (Å²) in [7, 11) is 1.67. The van der Waals surface area contributed by atoms with E-state index in [1.165, 1.54) is 0 Å². The number of ether oxygens (including phenoxy) is 1. The van der Waals surface area contributed by atoms with E-state index in [-0.39, 0.29) is 5.54 Å². The SMILES string of the molecule is COCC(C)(C)N=C(N)C(C)C. The lowest BCUT2D eigenvalue weighted by molar-refractivity contribution is 0.150. The van der Waals surface area contributed by atoms with Crippen LogP contribution in [0.1, 0.15) is 27.7 Å². The van der Waals surface area contributed by atoms with Gasteiger partial charge < -0.3 is 10.5 Å². The van der Waals surface area contributed by atoms with Crippen molar-refractivity contribution in [3.63, 3.8) is 0 Å². The molecule has 0 rings (SSSR count). The van der Waals surface area contributed by atoms with Crippen molar-refractivity contribution in [2.75, 3.05) is 13.7 Å². The van der Waals surface area contributed by atoms with Gasteiger partial charge in [-0.3, -0.25) is 4.99 Å². The largest absolute Gasteiger partial charge is 0.387 e. The zero-order valence-electron chi connectivity index (χ0n) is 8.72. The number of hydrogen-bond acceptors (Lipinski definition) is 2. The Bertz CT molecular complexity index is 162. The van der Waals surface area contributed by atoms with Crippen LogP contribution in [0.4, 0.5) is 0 Å². The Hall–Kier alpha value is -0.570. The summed E-state index contributed by atoms with van der Waals surface area (Å²) in [6.45, 7) is 8.67. The minimum Gasteiger partial charge on any atom is -0.387 e. The van der Waals surface area contributed by atoms with Crippen LogP contribution in [0, 0.1) is 5.92 Å². The van der Waals surface area contributed by atoms with Gasteiger partial charge in [0.1, 0.15) is 0 Å². The van der Waals surface area contributed by atoms with Crippen molar-refractivity contribution in [3.8, 4) is 0 Å². The molecule has 0 atom stereocenters. The second-order valence-corrected chi connectivity index (χ2v) is 3.94. The van der Waals surface area contributed by atoms with Gasteiger partial charge in [-0.05, 0) is 13.8 Å². The molecule has 0 aromatic rings. The van der Waals surface area contributed by atoms with Crippen LogP contribution in [0.3, 0.4) is 0 Å². The van der Waals surface area contributed by atoms with E-state index in [0.717, 1.165) is 0 Å². The third-order valence-electron chi connectivity index (χ3n) is 1.52. The standard InChI is InChI=1S/C9H20N2O/c1-7(2)8(10)11-9(3,4)6-12-5/h7H,6H2,1-5H3,(H2,10,11). The zero-order valence-corrected chi connectivity index (χ0v) is 8.72. The molecule has 0 heterocycles. The fourth-order valence-corrected chi connectivity index (χ4v) is 0.864. The molecule has 0 fully saturated rings. The maximum absolute atomic E-state index is 5.73. The molecule has 0 aliphatic heterocycles. The number of hydrogen-bond donors (Lipinski definition) is 1. The Kier molecular flexibility index (Phi) is 4.24. The summed E-state index contributed by atoms with van der Waals surface area (Å²) in [6, 6.07) is 0. The Balaban J connectivity index is 4.28. The van der Waals surface area contributed by atoms with Crippen molar-refractivity contribution < 1.29 is 4.74 Å². The molecule has 0 unspecified atom stereocenters. The van der Waals surface area contributed by atoms with Crippen LogP contribution in [0.2, 0.25) is 0 Å². The molecule has 0 amide bonds. The van der Waals surface area contributed by atoms with Gasteiger partial charge in [0.15, 0.2) is 0 Å². The van der Waals surface area contributed by atoms with Crippen LogP contribution in [0.25, 0.3) is 0 Å². The molecular weight excluding hydrogens is 152 g/mol. The summed E-state index contributed by atoms with van der Waals surface area (Å²) < 4.78 is 5.02. The second kappa shape index (κ2) is 4.45. The summed E-state index contributed by atoms with van der Waals surface area (Å²) in [5.41, 5.74) is 5.52. The van der Waals surface area contributed by atoms with Crippen LogP contribution in [-0.2, 0) is 4.74 Å². The van der Waals surface area contributed by atoms with E-state index in [9.17, 15) is 0 Å². The molecule has 0 saturated heterocycles. The first-order valence-electron chi connectivity index (χ1n) is 4.23. The highest BCUT2D eigenvalue weighted by molar-refractivity contribution is 5.82. The topological polar surface area (TPSA) is 47.6 Å². The fraction of sp³-hybridized carbons (Fsp3) is 0.889. The molecule has 3 nitrogen and oxygen atoms in total. The first-order valence-corrected chi connectivity index (χ1v) is 4.23. The van der Waals surface area contributed by atoms with Crippen LogP contribution < -0.4 is 5.73 Å². The molecule has 0 aliphatic carbocycles. The molecule has 72 valence electrons. The lowest BCUT2D eigenvalue weighted by atomic mass is 10.1. The highest BCUT2D eigenvalue weighted by atomic mass is 16.5. The van der Waals surface area contributed by atoms with E-state index < -0.39 is 0 Å². The predicted octanol–water partition coefficient (Wildman–Crippen LogP) is 1.42. The van der Waals surface area contributed by atoms with E-state index in [1.807, 2.05) is 27.7 Å². The summed E-state index contributed by atoms with van der Waals surface area (Å²) >= 11 is 0. The summed E-state index contributed by atoms with van der Waals surface area (Å²) in [6.07, 6.45) is 0. The molecular formula is C9H20N2O. The van der Waals surface area contributed by atoms with E-state index in [0.29, 0.717) is 18.4 Å². The monoisotopic (exact) mass is 172 g/mol. The Labute approximate surface area is 75.0 Å². The van der Waals surface area contributed by atoms with Crippen molar-refractivity contribution in [2.24, 2.45) is 16.6 Å². The zero-order chi connectivity index (χ0) is 9.78. The van der Waals surface area contributed by atoms with Crippen molar-refractivity contribution in [1.29, 1.82) is 0 Å². The number of nitrogens with zero attached hydrogens (tertiary/aromatic N) is 1. The number of methoxy groups -OCH3 is 1. The first-order chi connectivity index (χ1) is 5.39. The van der Waals surface area contributed by atoms with Crippen molar-refractivity contribution in [3.05, 3.63) is 0 Å². The van der Waals surface area contributed by atoms with Gasteiger partial charge in [-0.1, -0.05) is 13.8 Å². The average molecular weight is 172 g/mol. The maximum Gasteiger partial charge on any atom is 0.0970 e. The minimum atomic E-state index is -0.205. The van der Waals surface area contributed by atoms with Gasteiger partial charge in [0.25, 0.3) is 0 Å². The highest BCUT2D eigenvalue weighted by Crippen LogP contribution is 2.10. The normalized spacial score (nSPS) is 14.0. The Morgan fingerprint density at radius 1 is 1.50 bits per heavy atom. The second-order valence-electron chi connectivity index (χ2n) is 3.94. The average Bonchev–Trinajstić information content (AvgIpc) is 1.85.